The quantitative estimate of drug-likeness (QED) is 0.437. The lowest BCUT2D eigenvalue weighted by atomic mass is 10.0. The number of carboxylic acids is 1. The van der Waals surface area contributed by atoms with Gasteiger partial charge in [0, 0.05) is 16.8 Å². The molecule has 0 aliphatic heterocycles. The molecule has 0 radical (unpaired) electrons. The molecule has 12 heavy (non-hydrogen) atoms. The zero-order chi connectivity index (χ0) is 9.72. The van der Waals surface area contributed by atoms with Crippen LogP contribution in [0.3, 0.4) is 0 Å². The third kappa shape index (κ3) is 3.47. The molecular weight excluding hydrogens is 216 g/mol. The molecule has 0 aliphatic carbocycles. The molecule has 72 valence electrons. The van der Waals surface area contributed by atoms with Crippen LogP contribution < -0.4 is 0 Å². The van der Waals surface area contributed by atoms with Crippen molar-refractivity contribution >= 4 is 43.9 Å². The van der Waals surface area contributed by atoms with Crippen molar-refractivity contribution in [2.24, 2.45) is 5.92 Å². The number of aliphatic carboxylic acids is 1. The molecular formula is C6H12O3S3. The smallest absolute Gasteiger partial charge is 0.310 e. The predicted molar refractivity (Wildman–Crippen MR) is 57.6 cm³/mol. The third-order valence-corrected chi connectivity index (χ3v) is 3.07. The van der Waals surface area contributed by atoms with Gasteiger partial charge in [-0.05, 0) is 0 Å². The van der Waals surface area contributed by atoms with E-state index in [0.29, 0.717) is 5.75 Å². The number of rotatable bonds is 5. The van der Waals surface area contributed by atoms with Crippen LogP contribution in [0.1, 0.15) is 0 Å². The summed E-state index contributed by atoms with van der Waals surface area (Å²) >= 11 is 11.7. The van der Waals surface area contributed by atoms with E-state index in [9.17, 15) is 9.90 Å². The van der Waals surface area contributed by atoms with Gasteiger partial charge in [0.25, 0.3) is 0 Å². The van der Waals surface area contributed by atoms with Crippen molar-refractivity contribution in [3.05, 3.63) is 0 Å². The Morgan fingerprint density at radius 3 is 2.08 bits per heavy atom. The van der Waals surface area contributed by atoms with Gasteiger partial charge in [-0.15, -0.1) is 0 Å². The normalized spacial score (nSPS) is 18.3. The van der Waals surface area contributed by atoms with Crippen LogP contribution in [-0.4, -0.2) is 39.0 Å². The zero-order valence-corrected chi connectivity index (χ0v) is 8.97. The summed E-state index contributed by atoms with van der Waals surface area (Å²) in [6.45, 7) is 0. The molecule has 0 aromatic heterocycles. The molecule has 0 aromatic rings. The van der Waals surface area contributed by atoms with Crippen LogP contribution in [0, 0.1) is 5.92 Å². The van der Waals surface area contributed by atoms with Crippen LogP contribution in [0.25, 0.3) is 0 Å². The number of hydrogen-bond donors (Lipinski definition) is 5. The summed E-state index contributed by atoms with van der Waals surface area (Å²) in [4.78, 5) is 10.5. The van der Waals surface area contributed by atoms with Crippen LogP contribution in [0.4, 0.5) is 0 Å². The maximum atomic E-state index is 10.5. The molecule has 3 nitrogen and oxygen atoms in total. The first-order valence-electron chi connectivity index (χ1n) is 3.35. The molecule has 0 saturated heterocycles. The van der Waals surface area contributed by atoms with Crippen LogP contribution in [0.2, 0.25) is 0 Å². The molecule has 2 N–H and O–H groups in total. The van der Waals surface area contributed by atoms with E-state index < -0.39 is 23.2 Å². The molecule has 0 fully saturated rings. The molecule has 3 unspecified atom stereocenters. The Balaban J connectivity index is 4.20. The highest BCUT2D eigenvalue weighted by molar-refractivity contribution is 7.84. The maximum absolute atomic E-state index is 10.5. The highest BCUT2D eigenvalue weighted by Crippen LogP contribution is 2.15. The topological polar surface area (TPSA) is 57.5 Å². The third-order valence-electron chi connectivity index (χ3n) is 1.51. The average molecular weight is 228 g/mol. The van der Waals surface area contributed by atoms with E-state index in [4.69, 9.17) is 5.11 Å². The van der Waals surface area contributed by atoms with E-state index in [0.717, 1.165) is 0 Å². The lowest BCUT2D eigenvalue weighted by molar-refractivity contribution is -0.144. The van der Waals surface area contributed by atoms with Crippen LogP contribution in [0.5, 0.6) is 0 Å². The second kappa shape index (κ2) is 6.01. The van der Waals surface area contributed by atoms with E-state index in [1.165, 1.54) is 0 Å². The Hall–Kier alpha value is 0.480. The number of carbonyl (C=O) groups is 1. The number of carboxylic acid groups (broad SMARTS) is 1. The lowest BCUT2D eigenvalue weighted by Crippen LogP contribution is -2.37. The maximum Gasteiger partial charge on any atom is 0.310 e. The largest absolute Gasteiger partial charge is 0.481 e. The number of aliphatic hydroxyl groups is 1. The zero-order valence-electron chi connectivity index (χ0n) is 6.29. The van der Waals surface area contributed by atoms with Crippen LogP contribution in [-0.2, 0) is 4.79 Å². The van der Waals surface area contributed by atoms with Gasteiger partial charge < -0.3 is 10.2 Å². The number of hydrogen-bond acceptors (Lipinski definition) is 5. The van der Waals surface area contributed by atoms with E-state index in [1.807, 2.05) is 0 Å². The summed E-state index contributed by atoms with van der Waals surface area (Å²) in [7, 11) is 0. The summed E-state index contributed by atoms with van der Waals surface area (Å²) in [5.41, 5.74) is 0. The molecule has 0 aromatic carbocycles. The monoisotopic (exact) mass is 228 g/mol. The SMILES string of the molecule is O=C(O)C(CS)C(O)C(S)CS. The van der Waals surface area contributed by atoms with Gasteiger partial charge in [-0.2, -0.15) is 37.9 Å². The van der Waals surface area contributed by atoms with Crippen molar-refractivity contribution < 1.29 is 15.0 Å². The fraction of sp³-hybridized carbons (Fsp3) is 0.833. The van der Waals surface area contributed by atoms with Gasteiger partial charge >= 0.3 is 5.97 Å². The fourth-order valence-corrected chi connectivity index (χ4v) is 1.50. The standard InChI is InChI=1S/C6H12O3S3/c7-5(4(12)2-11)3(1-10)6(8)9/h3-5,7,10-12H,1-2H2,(H,8,9). The molecule has 0 aliphatic rings. The van der Waals surface area contributed by atoms with Crippen LogP contribution >= 0.6 is 37.9 Å². The Morgan fingerprint density at radius 2 is 1.83 bits per heavy atom. The lowest BCUT2D eigenvalue weighted by Gasteiger charge is -2.21. The number of thiol groups is 3. The van der Waals surface area contributed by atoms with E-state index in [1.54, 1.807) is 0 Å². The van der Waals surface area contributed by atoms with Crippen molar-refractivity contribution in [3.8, 4) is 0 Å². The first kappa shape index (κ1) is 12.5. The Labute approximate surface area is 87.8 Å². The van der Waals surface area contributed by atoms with Crippen molar-refractivity contribution in [2.75, 3.05) is 11.5 Å². The Kier molecular flexibility index (Phi) is 6.25. The molecule has 0 rings (SSSR count). The minimum absolute atomic E-state index is 0.0985. The van der Waals surface area contributed by atoms with Gasteiger partial charge in [0.15, 0.2) is 0 Å². The highest BCUT2D eigenvalue weighted by Gasteiger charge is 2.29. The van der Waals surface area contributed by atoms with Crippen LogP contribution in [0.15, 0.2) is 0 Å². The summed E-state index contributed by atoms with van der Waals surface area (Å²) in [6, 6.07) is 0. The fourth-order valence-electron chi connectivity index (χ4n) is 0.708. The second-order valence-electron chi connectivity index (χ2n) is 2.37. The van der Waals surface area contributed by atoms with Gasteiger partial charge in [-0.3, -0.25) is 4.79 Å². The average Bonchev–Trinajstić information content (AvgIpc) is 2.03. The van der Waals surface area contributed by atoms with Gasteiger partial charge in [-0.25, -0.2) is 0 Å². The Morgan fingerprint density at radius 1 is 1.33 bits per heavy atom. The summed E-state index contributed by atoms with van der Waals surface area (Å²) in [6.07, 6.45) is -0.999. The first-order valence-corrected chi connectivity index (χ1v) is 5.13. The van der Waals surface area contributed by atoms with Crippen molar-refractivity contribution in [3.63, 3.8) is 0 Å². The highest BCUT2D eigenvalue weighted by atomic mass is 32.1. The van der Waals surface area contributed by atoms with Gasteiger partial charge in [-0.1, -0.05) is 0 Å². The molecule has 0 amide bonds. The molecule has 0 heterocycles. The molecule has 0 spiro atoms. The van der Waals surface area contributed by atoms with E-state index in [2.05, 4.69) is 37.9 Å². The minimum Gasteiger partial charge on any atom is -0.481 e. The second-order valence-corrected chi connectivity index (χ2v) is 3.76. The molecule has 3 atom stereocenters. The van der Waals surface area contributed by atoms with E-state index >= 15 is 0 Å². The summed E-state index contributed by atoms with van der Waals surface area (Å²) in [5.74, 6) is -1.50. The Bertz CT molecular complexity index is 153. The van der Waals surface area contributed by atoms with Gasteiger partial charge in [0.1, 0.15) is 0 Å². The van der Waals surface area contributed by atoms with Gasteiger partial charge in [0.05, 0.1) is 12.0 Å². The molecule has 0 bridgehead atoms. The van der Waals surface area contributed by atoms with Crippen molar-refractivity contribution in [1.82, 2.24) is 0 Å². The first-order chi connectivity index (χ1) is 5.54. The van der Waals surface area contributed by atoms with Crippen molar-refractivity contribution in [2.45, 2.75) is 11.4 Å². The van der Waals surface area contributed by atoms with E-state index in [-0.39, 0.29) is 5.75 Å². The molecule has 6 heteroatoms. The van der Waals surface area contributed by atoms with Crippen molar-refractivity contribution in [1.29, 1.82) is 0 Å². The number of aliphatic hydroxyl groups excluding tert-OH is 1. The summed E-state index contributed by atoms with van der Waals surface area (Å²) in [5, 5.41) is 17.6. The summed E-state index contributed by atoms with van der Waals surface area (Å²) < 4.78 is 0. The molecule has 0 saturated carbocycles. The predicted octanol–water partition coefficient (Wildman–Crippen LogP) is 0.206. The minimum atomic E-state index is -1.06. The van der Waals surface area contributed by atoms with Gasteiger partial charge in [0.2, 0.25) is 0 Å².